The largest absolute Gasteiger partial charge is 0.302 e. The van der Waals surface area contributed by atoms with Crippen molar-refractivity contribution in [1.29, 1.82) is 0 Å². The second-order valence-corrected chi connectivity index (χ2v) is 16.6. The van der Waals surface area contributed by atoms with Crippen molar-refractivity contribution in [1.82, 2.24) is 15.0 Å². The molecular weight excluding hydrogens is 597 g/mol. The molecule has 244 valence electrons. The lowest BCUT2D eigenvalue weighted by Crippen LogP contribution is -2.42. The predicted octanol–water partition coefficient (Wildman–Crippen LogP) is 10.7. The summed E-state index contributed by atoms with van der Waals surface area (Å²) in [5.74, 6) is 2.22. The van der Waals surface area contributed by atoms with Gasteiger partial charge in [-0.25, -0.2) is 4.98 Å². The Bertz CT molecular complexity index is 2180. The predicted molar refractivity (Wildman–Crippen MR) is 201 cm³/mol. The zero-order valence-electron chi connectivity index (χ0n) is 29.8. The van der Waals surface area contributed by atoms with Gasteiger partial charge in [-0.3, -0.25) is 0 Å². The SMILES string of the molecule is CC1(C)C2=CC3C(C=C2c2ccccc21)c1cc2c(cc1N3c1nc(-c3ccccc3)nc(-c3ccccc3)n1)C(C)(C)C(C)(C)C2(C)C. The van der Waals surface area contributed by atoms with Gasteiger partial charge in [0, 0.05) is 28.1 Å². The number of nitrogens with zero attached hydrogens (tertiary/aromatic N) is 4. The summed E-state index contributed by atoms with van der Waals surface area (Å²) < 4.78 is 0. The second-order valence-electron chi connectivity index (χ2n) is 16.6. The summed E-state index contributed by atoms with van der Waals surface area (Å²) in [6, 6.07) is 34.7. The number of fused-ring (bicyclic) bond motifs is 7. The van der Waals surface area contributed by atoms with Gasteiger partial charge in [0.1, 0.15) is 0 Å². The van der Waals surface area contributed by atoms with Crippen molar-refractivity contribution >= 4 is 17.2 Å². The Balaban J connectivity index is 1.32. The number of benzene rings is 4. The van der Waals surface area contributed by atoms with Crippen molar-refractivity contribution in [3.63, 3.8) is 0 Å². The molecule has 2 atom stereocenters. The fourth-order valence-electron chi connectivity index (χ4n) is 9.31. The van der Waals surface area contributed by atoms with Crippen LogP contribution in [0.4, 0.5) is 11.6 Å². The summed E-state index contributed by atoms with van der Waals surface area (Å²) in [6.07, 6.45) is 5.11. The van der Waals surface area contributed by atoms with E-state index in [-0.39, 0.29) is 33.6 Å². The molecule has 0 saturated carbocycles. The molecule has 0 N–H and O–H groups in total. The highest BCUT2D eigenvalue weighted by atomic mass is 15.3. The molecule has 4 aromatic carbocycles. The Morgan fingerprint density at radius 1 is 0.571 bits per heavy atom. The lowest BCUT2D eigenvalue weighted by Gasteiger charge is -2.44. The molecule has 9 rings (SSSR count). The monoisotopic (exact) mass is 640 g/mol. The second kappa shape index (κ2) is 9.88. The van der Waals surface area contributed by atoms with Crippen LogP contribution in [0.25, 0.3) is 28.3 Å². The van der Waals surface area contributed by atoms with Crippen molar-refractivity contribution in [2.45, 2.75) is 83.6 Å². The molecule has 0 bridgehead atoms. The van der Waals surface area contributed by atoms with Gasteiger partial charge in [-0.15, -0.1) is 0 Å². The Hall–Kier alpha value is -4.83. The molecule has 2 unspecified atom stereocenters. The number of rotatable bonds is 3. The van der Waals surface area contributed by atoms with Crippen LogP contribution in [0.2, 0.25) is 0 Å². The maximum Gasteiger partial charge on any atom is 0.234 e. The van der Waals surface area contributed by atoms with Crippen LogP contribution in [0.5, 0.6) is 0 Å². The summed E-state index contributed by atoms with van der Waals surface area (Å²) in [7, 11) is 0. The molecule has 1 aliphatic heterocycles. The van der Waals surface area contributed by atoms with Crippen LogP contribution in [-0.2, 0) is 16.2 Å². The minimum absolute atomic E-state index is 0.00264. The average Bonchev–Trinajstić information content (AvgIpc) is 3.58. The summed E-state index contributed by atoms with van der Waals surface area (Å²) >= 11 is 0. The van der Waals surface area contributed by atoms with E-state index in [2.05, 4.69) is 157 Å². The third-order valence-electron chi connectivity index (χ3n) is 13.4. The molecule has 0 spiro atoms. The average molecular weight is 641 g/mol. The van der Waals surface area contributed by atoms with E-state index in [0.717, 1.165) is 11.1 Å². The number of anilines is 2. The lowest BCUT2D eigenvalue weighted by atomic mass is 9.59. The van der Waals surface area contributed by atoms with Crippen LogP contribution in [0, 0.1) is 5.41 Å². The van der Waals surface area contributed by atoms with Crippen LogP contribution in [0.3, 0.4) is 0 Å². The Morgan fingerprint density at radius 3 is 1.73 bits per heavy atom. The molecule has 2 heterocycles. The van der Waals surface area contributed by atoms with Gasteiger partial charge in [-0.1, -0.05) is 159 Å². The summed E-state index contributed by atoms with van der Waals surface area (Å²) in [4.78, 5) is 18.1. The van der Waals surface area contributed by atoms with Crippen LogP contribution >= 0.6 is 0 Å². The third-order valence-corrected chi connectivity index (χ3v) is 13.4. The van der Waals surface area contributed by atoms with Crippen molar-refractivity contribution in [2.75, 3.05) is 4.90 Å². The van der Waals surface area contributed by atoms with E-state index in [0.29, 0.717) is 17.6 Å². The van der Waals surface area contributed by atoms with E-state index in [1.807, 2.05) is 12.1 Å². The fourth-order valence-corrected chi connectivity index (χ4v) is 9.31. The van der Waals surface area contributed by atoms with Crippen molar-refractivity contribution in [3.05, 3.63) is 143 Å². The van der Waals surface area contributed by atoms with Crippen molar-refractivity contribution < 1.29 is 0 Å². The first-order valence-corrected chi connectivity index (χ1v) is 17.7. The van der Waals surface area contributed by atoms with E-state index < -0.39 is 0 Å². The van der Waals surface area contributed by atoms with Crippen LogP contribution in [0.1, 0.15) is 89.1 Å². The molecule has 4 aliphatic rings. The van der Waals surface area contributed by atoms with Gasteiger partial charge in [0.05, 0.1) is 6.04 Å². The van der Waals surface area contributed by atoms with Gasteiger partial charge >= 0.3 is 0 Å². The first-order chi connectivity index (χ1) is 23.3. The van der Waals surface area contributed by atoms with E-state index in [1.54, 1.807) is 0 Å². The normalized spacial score (nSPS) is 22.7. The third kappa shape index (κ3) is 3.95. The first-order valence-electron chi connectivity index (χ1n) is 17.7. The van der Waals surface area contributed by atoms with E-state index in [9.17, 15) is 0 Å². The quantitative estimate of drug-likeness (QED) is 0.197. The van der Waals surface area contributed by atoms with Gasteiger partial charge in [-0.05, 0) is 61.3 Å². The standard InChI is InChI=1S/C45H44N4/c1-42(2)33-22-16-15-21-29(33)30-23-31-32-24-35-36(44(5,6)45(7,8)43(35,3)4)26-38(32)49(37(31)25-34(30)42)41-47-39(27-17-11-9-12-18-27)46-40(48-41)28-19-13-10-14-20-28/h9-26,31,37H,1-8H3. The maximum absolute atomic E-state index is 5.30. The fraction of sp³-hybridized carbons (Fsp3) is 0.311. The molecule has 3 aliphatic carbocycles. The van der Waals surface area contributed by atoms with E-state index in [1.165, 1.54) is 44.7 Å². The molecular formula is C45H44N4. The number of hydrogen-bond donors (Lipinski definition) is 0. The molecule has 5 aromatic rings. The van der Waals surface area contributed by atoms with Gasteiger partial charge in [-0.2, -0.15) is 9.97 Å². The molecule has 4 heteroatoms. The van der Waals surface area contributed by atoms with Gasteiger partial charge < -0.3 is 4.90 Å². The summed E-state index contributed by atoms with van der Waals surface area (Å²) in [6.45, 7) is 19.4. The highest BCUT2D eigenvalue weighted by Crippen LogP contribution is 2.64. The minimum atomic E-state index is -0.104. The highest BCUT2D eigenvalue weighted by molar-refractivity contribution is 5.93. The molecule has 0 radical (unpaired) electrons. The van der Waals surface area contributed by atoms with Crippen LogP contribution in [-0.4, -0.2) is 21.0 Å². The topological polar surface area (TPSA) is 41.9 Å². The number of aromatic nitrogens is 3. The zero-order chi connectivity index (χ0) is 34.1. The smallest absolute Gasteiger partial charge is 0.234 e. The molecule has 49 heavy (non-hydrogen) atoms. The molecule has 1 aromatic heterocycles. The van der Waals surface area contributed by atoms with Crippen molar-refractivity contribution in [2.24, 2.45) is 5.41 Å². The van der Waals surface area contributed by atoms with Gasteiger partial charge in [0.15, 0.2) is 11.6 Å². The van der Waals surface area contributed by atoms with Crippen LogP contribution in [0.15, 0.2) is 115 Å². The highest BCUT2D eigenvalue weighted by Gasteiger charge is 2.58. The Kier molecular flexibility index (Phi) is 6.10. The van der Waals surface area contributed by atoms with Crippen LogP contribution < -0.4 is 4.90 Å². The number of hydrogen-bond acceptors (Lipinski definition) is 4. The number of allylic oxidation sites excluding steroid dienone is 2. The van der Waals surface area contributed by atoms with Crippen molar-refractivity contribution in [3.8, 4) is 22.8 Å². The van der Waals surface area contributed by atoms with E-state index in [4.69, 9.17) is 15.0 Å². The summed E-state index contributed by atoms with van der Waals surface area (Å²) in [5.41, 5.74) is 12.9. The minimum Gasteiger partial charge on any atom is -0.302 e. The molecule has 4 nitrogen and oxygen atoms in total. The van der Waals surface area contributed by atoms with E-state index >= 15 is 0 Å². The van der Waals surface area contributed by atoms with Gasteiger partial charge in [0.25, 0.3) is 0 Å². The Labute approximate surface area is 290 Å². The zero-order valence-corrected chi connectivity index (χ0v) is 29.8. The maximum atomic E-state index is 5.30. The summed E-state index contributed by atoms with van der Waals surface area (Å²) in [5, 5.41) is 0. The lowest BCUT2D eigenvalue weighted by molar-refractivity contribution is 0.125. The molecule has 0 fully saturated rings. The molecule has 0 saturated heterocycles. The van der Waals surface area contributed by atoms with Gasteiger partial charge in [0.2, 0.25) is 5.95 Å². The molecule has 0 amide bonds. The first kappa shape index (κ1) is 30.2. The Morgan fingerprint density at radius 2 is 1.12 bits per heavy atom.